The Kier molecular flexibility index (Phi) is 5.91. The molecule has 4 heterocycles. The maximum absolute atomic E-state index is 12.8. The molecule has 0 unspecified atom stereocenters. The van der Waals surface area contributed by atoms with Crippen LogP contribution in [-0.4, -0.2) is 71.0 Å². The van der Waals surface area contributed by atoms with Crippen molar-refractivity contribution in [2.24, 2.45) is 5.92 Å². The summed E-state index contributed by atoms with van der Waals surface area (Å²) in [6.07, 6.45) is 9.58. The summed E-state index contributed by atoms with van der Waals surface area (Å²) in [5.74, 6) is 1.72. The molecule has 0 bridgehead atoms. The number of nitrogens with zero attached hydrogens (tertiary/aromatic N) is 5. The van der Waals surface area contributed by atoms with Crippen molar-refractivity contribution in [3.8, 4) is 0 Å². The number of aryl methyl sites for hydroxylation is 1. The summed E-state index contributed by atoms with van der Waals surface area (Å²) in [4.78, 5) is 28.7. The third-order valence-electron chi connectivity index (χ3n) is 6.60. The van der Waals surface area contributed by atoms with E-state index in [1.165, 1.54) is 12.8 Å². The molecule has 0 radical (unpaired) electrons. The predicted molar refractivity (Wildman–Crippen MR) is 107 cm³/mol. The molecule has 27 heavy (non-hydrogen) atoms. The van der Waals surface area contributed by atoms with Gasteiger partial charge in [-0.25, -0.2) is 9.97 Å². The van der Waals surface area contributed by atoms with Gasteiger partial charge in [0.2, 0.25) is 5.91 Å². The lowest BCUT2D eigenvalue weighted by Gasteiger charge is -2.42. The van der Waals surface area contributed by atoms with E-state index in [0.29, 0.717) is 11.9 Å². The predicted octanol–water partition coefficient (Wildman–Crippen LogP) is 2.34. The van der Waals surface area contributed by atoms with Gasteiger partial charge in [-0.1, -0.05) is 6.92 Å². The zero-order valence-electron chi connectivity index (χ0n) is 16.6. The molecule has 1 aromatic rings. The first kappa shape index (κ1) is 18.7. The molecule has 3 saturated heterocycles. The van der Waals surface area contributed by atoms with Crippen LogP contribution in [0.25, 0.3) is 0 Å². The summed E-state index contributed by atoms with van der Waals surface area (Å²) >= 11 is 0. The first-order valence-electron chi connectivity index (χ1n) is 10.8. The maximum Gasteiger partial charge on any atom is 0.226 e. The number of likely N-dealkylation sites (tertiary alicyclic amines) is 2. The number of anilines is 1. The zero-order chi connectivity index (χ0) is 18.6. The zero-order valence-corrected chi connectivity index (χ0v) is 16.6. The Bertz CT molecular complexity index is 637. The largest absolute Gasteiger partial charge is 0.356 e. The van der Waals surface area contributed by atoms with Gasteiger partial charge in [-0.05, 0) is 51.5 Å². The van der Waals surface area contributed by atoms with Crippen LogP contribution in [0.2, 0.25) is 0 Å². The van der Waals surface area contributed by atoms with Crippen molar-refractivity contribution in [2.75, 3.05) is 44.2 Å². The normalized spacial score (nSPS) is 25.1. The van der Waals surface area contributed by atoms with E-state index in [1.807, 2.05) is 0 Å². The number of amides is 1. The number of piperidine rings is 2. The molecule has 1 atom stereocenters. The van der Waals surface area contributed by atoms with Crippen molar-refractivity contribution in [1.29, 1.82) is 0 Å². The minimum absolute atomic E-state index is 0.226. The molecular weight excluding hydrogens is 338 g/mol. The molecule has 6 nitrogen and oxygen atoms in total. The second-order valence-electron chi connectivity index (χ2n) is 8.31. The molecule has 0 aliphatic carbocycles. The average molecular weight is 372 g/mol. The molecule has 148 valence electrons. The minimum atomic E-state index is 0.226. The molecule has 0 saturated carbocycles. The monoisotopic (exact) mass is 371 g/mol. The van der Waals surface area contributed by atoms with Gasteiger partial charge in [-0.3, -0.25) is 9.69 Å². The van der Waals surface area contributed by atoms with Crippen LogP contribution in [0, 0.1) is 5.92 Å². The van der Waals surface area contributed by atoms with Crippen LogP contribution < -0.4 is 4.90 Å². The molecule has 0 N–H and O–H groups in total. The van der Waals surface area contributed by atoms with Crippen molar-refractivity contribution in [3.63, 3.8) is 0 Å². The fourth-order valence-corrected chi connectivity index (χ4v) is 4.95. The van der Waals surface area contributed by atoms with E-state index in [-0.39, 0.29) is 5.92 Å². The van der Waals surface area contributed by atoms with Crippen molar-refractivity contribution < 1.29 is 4.79 Å². The summed E-state index contributed by atoms with van der Waals surface area (Å²) in [5, 5.41) is 0. The molecule has 1 aromatic heterocycles. The Morgan fingerprint density at radius 2 is 1.81 bits per heavy atom. The van der Waals surface area contributed by atoms with Gasteiger partial charge in [0.05, 0.1) is 5.92 Å². The Morgan fingerprint density at radius 3 is 2.56 bits per heavy atom. The lowest BCUT2D eigenvalue weighted by molar-refractivity contribution is -0.136. The first-order chi connectivity index (χ1) is 13.2. The summed E-state index contributed by atoms with van der Waals surface area (Å²) in [7, 11) is 0. The van der Waals surface area contributed by atoms with Gasteiger partial charge in [-0.2, -0.15) is 0 Å². The van der Waals surface area contributed by atoms with E-state index in [0.717, 1.165) is 82.9 Å². The van der Waals surface area contributed by atoms with Crippen LogP contribution in [0.15, 0.2) is 12.4 Å². The van der Waals surface area contributed by atoms with Crippen LogP contribution in [0.4, 0.5) is 5.82 Å². The van der Waals surface area contributed by atoms with Gasteiger partial charge in [-0.15, -0.1) is 0 Å². The SMILES string of the molecule is CCc1cc(N2CCC(N3CCC[C@@H](C(=O)N4CCCC4)C3)CC2)ncn1. The van der Waals surface area contributed by atoms with Crippen molar-refractivity contribution >= 4 is 11.7 Å². The number of hydrogen-bond donors (Lipinski definition) is 0. The van der Waals surface area contributed by atoms with Gasteiger partial charge in [0.1, 0.15) is 12.1 Å². The highest BCUT2D eigenvalue weighted by molar-refractivity contribution is 5.79. The van der Waals surface area contributed by atoms with Crippen molar-refractivity contribution in [1.82, 2.24) is 19.8 Å². The fourth-order valence-electron chi connectivity index (χ4n) is 4.95. The minimum Gasteiger partial charge on any atom is -0.356 e. The molecule has 3 aliphatic rings. The van der Waals surface area contributed by atoms with E-state index < -0.39 is 0 Å². The average Bonchev–Trinajstić information content (AvgIpc) is 3.28. The molecule has 6 heteroatoms. The van der Waals surface area contributed by atoms with Crippen LogP contribution in [-0.2, 0) is 11.2 Å². The number of carbonyl (C=O) groups excluding carboxylic acids is 1. The van der Waals surface area contributed by atoms with Crippen LogP contribution >= 0.6 is 0 Å². The molecule has 1 amide bonds. The molecule has 4 rings (SSSR count). The molecule has 3 aliphatic heterocycles. The van der Waals surface area contributed by atoms with Gasteiger partial charge in [0.15, 0.2) is 0 Å². The number of aromatic nitrogens is 2. The van der Waals surface area contributed by atoms with E-state index >= 15 is 0 Å². The number of rotatable bonds is 4. The number of hydrogen-bond acceptors (Lipinski definition) is 5. The molecular formula is C21H33N5O. The Balaban J connectivity index is 1.31. The molecule has 3 fully saturated rings. The van der Waals surface area contributed by atoms with E-state index in [4.69, 9.17) is 0 Å². The van der Waals surface area contributed by atoms with Crippen molar-refractivity contribution in [3.05, 3.63) is 18.1 Å². The Labute approximate surface area is 162 Å². The van der Waals surface area contributed by atoms with Gasteiger partial charge in [0.25, 0.3) is 0 Å². The van der Waals surface area contributed by atoms with Crippen LogP contribution in [0.3, 0.4) is 0 Å². The Morgan fingerprint density at radius 1 is 1.04 bits per heavy atom. The molecule has 0 spiro atoms. The van der Waals surface area contributed by atoms with Crippen LogP contribution in [0.5, 0.6) is 0 Å². The third-order valence-corrected chi connectivity index (χ3v) is 6.60. The molecule has 0 aromatic carbocycles. The summed E-state index contributed by atoms with van der Waals surface area (Å²) in [6.45, 7) is 8.31. The number of carbonyl (C=O) groups is 1. The summed E-state index contributed by atoms with van der Waals surface area (Å²) in [5.41, 5.74) is 1.11. The maximum atomic E-state index is 12.8. The quantitative estimate of drug-likeness (QED) is 0.813. The fraction of sp³-hybridized carbons (Fsp3) is 0.762. The third kappa shape index (κ3) is 4.26. The first-order valence-corrected chi connectivity index (χ1v) is 10.8. The van der Waals surface area contributed by atoms with Crippen molar-refractivity contribution in [2.45, 2.75) is 57.9 Å². The second kappa shape index (κ2) is 8.55. The van der Waals surface area contributed by atoms with E-state index in [2.05, 4.69) is 37.7 Å². The van der Waals surface area contributed by atoms with Gasteiger partial charge >= 0.3 is 0 Å². The Hall–Kier alpha value is -1.69. The van der Waals surface area contributed by atoms with E-state index in [9.17, 15) is 4.79 Å². The van der Waals surface area contributed by atoms with Gasteiger partial charge in [0, 0.05) is 50.5 Å². The highest BCUT2D eigenvalue weighted by atomic mass is 16.2. The topological polar surface area (TPSA) is 52.6 Å². The highest BCUT2D eigenvalue weighted by Gasteiger charge is 2.34. The van der Waals surface area contributed by atoms with Crippen LogP contribution in [0.1, 0.15) is 51.1 Å². The summed E-state index contributed by atoms with van der Waals surface area (Å²) < 4.78 is 0. The lowest BCUT2D eigenvalue weighted by Crippen LogP contribution is -2.51. The standard InChI is InChI=1S/C21H33N5O/c1-2-18-14-20(23-16-22-18)24-12-7-19(8-13-24)26-11-5-6-17(15-26)21(27)25-9-3-4-10-25/h14,16-17,19H,2-13,15H2,1H3/t17-/m1/s1. The lowest BCUT2D eigenvalue weighted by atomic mass is 9.93. The van der Waals surface area contributed by atoms with E-state index in [1.54, 1.807) is 6.33 Å². The second-order valence-corrected chi connectivity index (χ2v) is 8.31. The van der Waals surface area contributed by atoms with Gasteiger partial charge < -0.3 is 9.80 Å². The highest BCUT2D eigenvalue weighted by Crippen LogP contribution is 2.27. The smallest absolute Gasteiger partial charge is 0.226 e. The summed E-state index contributed by atoms with van der Waals surface area (Å²) in [6, 6.07) is 2.74.